The van der Waals surface area contributed by atoms with E-state index in [1.807, 2.05) is 30.3 Å². The lowest BCUT2D eigenvalue weighted by Crippen LogP contribution is -2.50. The minimum absolute atomic E-state index is 0.0102. The first kappa shape index (κ1) is 24.9. The van der Waals surface area contributed by atoms with Gasteiger partial charge in [0.15, 0.2) is 0 Å². The fourth-order valence-corrected chi connectivity index (χ4v) is 9.97. The molecule has 0 aromatic heterocycles. The quantitative estimate of drug-likeness (QED) is 0.414. The molecule has 0 spiro atoms. The zero-order valence-electron chi connectivity index (χ0n) is 22.8. The van der Waals surface area contributed by atoms with E-state index in [0.29, 0.717) is 17.8 Å². The van der Waals surface area contributed by atoms with E-state index in [1.54, 1.807) is 0 Å². The van der Waals surface area contributed by atoms with Gasteiger partial charge in [0.2, 0.25) is 5.91 Å². The second-order valence-electron chi connectivity index (χ2n) is 13.6. The number of benzene rings is 1. The van der Waals surface area contributed by atoms with E-state index in [1.165, 1.54) is 5.57 Å². The summed E-state index contributed by atoms with van der Waals surface area (Å²) >= 11 is 0. The Balaban J connectivity index is 1.59. The number of nitrogens with one attached hydrogen (secondary N) is 1. The molecule has 7 rings (SSSR count). The Labute approximate surface area is 220 Å². The molecule has 3 fully saturated rings. The molecule has 11 atom stereocenters. The van der Waals surface area contributed by atoms with Crippen LogP contribution in [0.3, 0.4) is 0 Å². The third-order valence-electron chi connectivity index (χ3n) is 10.8. The summed E-state index contributed by atoms with van der Waals surface area (Å²) < 4.78 is 6.97. The Kier molecular flexibility index (Phi) is 5.42. The second kappa shape index (κ2) is 8.05. The van der Waals surface area contributed by atoms with Crippen molar-refractivity contribution in [3.05, 3.63) is 54.1 Å². The summed E-state index contributed by atoms with van der Waals surface area (Å²) in [5.74, 6) is 0.492. The van der Waals surface area contributed by atoms with Crippen LogP contribution in [-0.4, -0.2) is 28.6 Å². The molecule has 0 radical (unpaired) electrons. The number of carbonyl (C=O) groups excluding carboxylic acids is 2. The third kappa shape index (κ3) is 3.52. The lowest BCUT2D eigenvalue weighted by atomic mass is 9.53. The molecule has 2 saturated carbocycles. The van der Waals surface area contributed by atoms with Gasteiger partial charge in [0.05, 0.1) is 0 Å². The first-order valence-electron chi connectivity index (χ1n) is 14.1. The van der Waals surface area contributed by atoms with Crippen LogP contribution in [0.25, 0.3) is 0 Å². The molecular weight excluding hydrogens is 462 g/mol. The molecule has 5 nitrogen and oxygen atoms in total. The number of fused-ring (bicyclic) bond motifs is 4. The van der Waals surface area contributed by atoms with Crippen molar-refractivity contribution in [3.8, 4) is 5.75 Å². The van der Waals surface area contributed by atoms with Crippen LogP contribution in [0.2, 0.25) is 0 Å². The highest BCUT2D eigenvalue weighted by atomic mass is 16.5. The van der Waals surface area contributed by atoms with Crippen molar-refractivity contribution < 1.29 is 19.4 Å². The van der Waals surface area contributed by atoms with E-state index in [4.69, 9.17) is 4.74 Å². The molecule has 6 aliphatic rings. The van der Waals surface area contributed by atoms with Gasteiger partial charge in [0.25, 0.3) is 0 Å². The highest BCUT2D eigenvalue weighted by Gasteiger charge is 2.68. The van der Waals surface area contributed by atoms with Crippen molar-refractivity contribution in [1.82, 2.24) is 5.32 Å². The Hall–Kier alpha value is -2.40. The molecule has 1 saturated heterocycles. The molecule has 1 aromatic rings. The van der Waals surface area contributed by atoms with Crippen LogP contribution in [0, 0.1) is 52.3 Å². The van der Waals surface area contributed by atoms with E-state index in [-0.39, 0.29) is 47.9 Å². The lowest BCUT2D eigenvalue weighted by Gasteiger charge is -2.50. The van der Waals surface area contributed by atoms with Crippen molar-refractivity contribution in [2.75, 3.05) is 0 Å². The van der Waals surface area contributed by atoms with Crippen LogP contribution in [-0.2, 0) is 16.0 Å². The van der Waals surface area contributed by atoms with Gasteiger partial charge in [-0.3, -0.25) is 9.59 Å². The first-order valence-corrected chi connectivity index (χ1v) is 14.1. The molecule has 3 aliphatic heterocycles. The van der Waals surface area contributed by atoms with Crippen LogP contribution in [0.1, 0.15) is 59.4 Å². The summed E-state index contributed by atoms with van der Waals surface area (Å²) in [5, 5.41) is 14.1. The van der Waals surface area contributed by atoms with Crippen LogP contribution in [0.4, 0.5) is 0 Å². The Bertz CT molecular complexity index is 1190. The topological polar surface area (TPSA) is 75.6 Å². The van der Waals surface area contributed by atoms with E-state index < -0.39 is 23.0 Å². The van der Waals surface area contributed by atoms with Gasteiger partial charge < -0.3 is 15.2 Å². The molecule has 37 heavy (non-hydrogen) atoms. The smallest absolute Gasteiger partial charge is 0.232 e. The van der Waals surface area contributed by atoms with E-state index in [2.05, 4.69) is 52.6 Å². The number of rotatable bonds is 1. The Morgan fingerprint density at radius 1 is 1.11 bits per heavy atom. The summed E-state index contributed by atoms with van der Waals surface area (Å²) in [7, 11) is 0. The van der Waals surface area contributed by atoms with Gasteiger partial charge >= 0.3 is 0 Å². The monoisotopic (exact) mass is 503 g/mol. The number of hydrogen-bond donors (Lipinski definition) is 2. The molecule has 3 unspecified atom stereocenters. The molecule has 5 heteroatoms. The zero-order chi connectivity index (χ0) is 26.5. The van der Waals surface area contributed by atoms with Gasteiger partial charge in [-0.05, 0) is 60.6 Å². The molecule has 2 N–H and O–H groups in total. The molecule has 1 amide bonds. The number of amides is 1. The van der Waals surface area contributed by atoms with Gasteiger partial charge in [0, 0.05) is 36.0 Å². The van der Waals surface area contributed by atoms with Crippen molar-refractivity contribution in [3.63, 3.8) is 0 Å². The predicted octanol–water partition coefficient (Wildman–Crippen LogP) is 5.09. The molecule has 3 aliphatic carbocycles. The van der Waals surface area contributed by atoms with Crippen molar-refractivity contribution >= 4 is 11.7 Å². The standard InChI is InChI=1S/C32H41NO4/c1-7-30(5)14-19(4)24-23-26(30)27(34)22-16-32(36,33-29(22)35)15-20-8-10-21(11-9-20)37-28(23)25-18(3)12-17(2)13-31(24,25)6/h7-11,14,17-18,22-26,28,36H,1,12-13,15-16H2,2-6H3,(H,33,35)/t17-,18+,22-,23?,24?,25?,26+,28+,30+,31+,32-/m1/s1. The number of hydrogen-bond acceptors (Lipinski definition) is 4. The normalized spacial score (nSPS) is 48.4. The van der Waals surface area contributed by atoms with Crippen LogP contribution in [0.15, 0.2) is 48.6 Å². The number of ketones is 1. The molecule has 198 valence electrons. The van der Waals surface area contributed by atoms with Crippen molar-refractivity contribution in [2.45, 2.75) is 72.1 Å². The summed E-state index contributed by atoms with van der Waals surface area (Å²) in [6.07, 6.45) is 6.60. The minimum Gasteiger partial charge on any atom is -0.490 e. The van der Waals surface area contributed by atoms with Crippen molar-refractivity contribution in [2.24, 2.45) is 52.3 Å². The van der Waals surface area contributed by atoms with Gasteiger partial charge in [-0.2, -0.15) is 0 Å². The highest BCUT2D eigenvalue weighted by molar-refractivity contribution is 6.05. The molecule has 3 heterocycles. The predicted molar refractivity (Wildman–Crippen MR) is 142 cm³/mol. The largest absolute Gasteiger partial charge is 0.490 e. The summed E-state index contributed by atoms with van der Waals surface area (Å²) in [6.45, 7) is 15.6. The fourth-order valence-electron chi connectivity index (χ4n) is 9.97. The van der Waals surface area contributed by atoms with Crippen LogP contribution >= 0.6 is 0 Å². The first-order chi connectivity index (χ1) is 17.4. The zero-order valence-corrected chi connectivity index (χ0v) is 22.8. The Morgan fingerprint density at radius 2 is 1.81 bits per heavy atom. The van der Waals surface area contributed by atoms with Gasteiger partial charge in [0.1, 0.15) is 29.3 Å². The van der Waals surface area contributed by atoms with Gasteiger partial charge in [-0.15, -0.1) is 6.58 Å². The van der Waals surface area contributed by atoms with E-state index >= 15 is 0 Å². The van der Waals surface area contributed by atoms with E-state index in [0.717, 1.165) is 24.2 Å². The maximum absolute atomic E-state index is 14.6. The van der Waals surface area contributed by atoms with E-state index in [9.17, 15) is 14.7 Å². The minimum atomic E-state index is -1.43. The Morgan fingerprint density at radius 3 is 2.49 bits per heavy atom. The number of Topliss-reactive ketones (excluding diaryl/α,β-unsaturated/α-hetero) is 1. The highest BCUT2D eigenvalue weighted by Crippen LogP contribution is 2.68. The number of allylic oxidation sites excluding steroid dienone is 3. The molecular formula is C32H41NO4. The number of carbonyl (C=O) groups is 2. The van der Waals surface area contributed by atoms with Crippen molar-refractivity contribution in [1.29, 1.82) is 0 Å². The molecule has 4 bridgehead atoms. The maximum atomic E-state index is 14.6. The maximum Gasteiger partial charge on any atom is 0.232 e. The van der Waals surface area contributed by atoms with Crippen LogP contribution in [0.5, 0.6) is 5.75 Å². The number of aliphatic hydroxyl groups is 1. The average molecular weight is 504 g/mol. The second-order valence-corrected chi connectivity index (χ2v) is 13.6. The summed E-state index contributed by atoms with van der Waals surface area (Å²) in [4.78, 5) is 27.8. The third-order valence-corrected chi connectivity index (χ3v) is 10.8. The summed E-state index contributed by atoms with van der Waals surface area (Å²) in [6, 6.07) is 7.92. The van der Waals surface area contributed by atoms with Gasteiger partial charge in [-0.25, -0.2) is 0 Å². The lowest BCUT2D eigenvalue weighted by molar-refractivity contribution is -0.139. The fraction of sp³-hybridized carbons (Fsp3) is 0.625. The molecule has 1 aromatic carbocycles. The number of ether oxygens (including phenoxy) is 1. The van der Waals surface area contributed by atoms with Gasteiger partial charge in [-0.1, -0.05) is 57.6 Å². The van der Waals surface area contributed by atoms with Crippen LogP contribution < -0.4 is 10.1 Å². The average Bonchev–Trinajstić information content (AvgIpc) is 3.24. The summed E-state index contributed by atoms with van der Waals surface area (Å²) in [5.41, 5.74) is 0.166. The SMILES string of the molecule is C=C[C@@]1(C)C=C(C)C2C3[C@H](Oc4ccc(cc4)C[C@@]4(O)C[C@@H](C(=O)N4)C(=O)[C@H]31)C1[C@@H](C)C[C@@H](C)C[C@@]21C.